The molecule has 2 rings (SSSR count). The molecule has 0 aromatic carbocycles. The third-order valence-corrected chi connectivity index (χ3v) is 2.58. The van der Waals surface area contributed by atoms with Crippen LogP contribution in [0.3, 0.4) is 0 Å². The Kier molecular flexibility index (Phi) is 2.73. The maximum Gasteiger partial charge on any atom is 0.265 e. The van der Waals surface area contributed by atoms with Crippen LogP contribution < -0.4 is 5.32 Å². The highest BCUT2D eigenvalue weighted by atomic mass is 32.1. The van der Waals surface area contributed by atoms with Gasteiger partial charge in [0, 0.05) is 6.07 Å². The van der Waals surface area contributed by atoms with Crippen LogP contribution in [0.4, 0.5) is 10.1 Å². The number of amides is 1. The first-order valence-corrected chi connectivity index (χ1v) is 5.09. The molecule has 2 aromatic heterocycles. The Morgan fingerprint density at radius 2 is 2.33 bits per heavy atom. The fourth-order valence-corrected chi connectivity index (χ4v) is 1.70. The van der Waals surface area contributed by atoms with E-state index in [0.29, 0.717) is 10.6 Å². The summed E-state index contributed by atoms with van der Waals surface area (Å²) in [4.78, 5) is 15.8. The molecule has 1 N–H and O–H groups in total. The predicted molar refractivity (Wildman–Crippen MR) is 56.5 cm³/mol. The number of hydrogen-bond donors (Lipinski definition) is 1. The molecule has 76 valence electrons. The fraction of sp³-hybridized carbons (Fsp3) is 0. The maximum atomic E-state index is 12.7. The Morgan fingerprint density at radius 1 is 1.47 bits per heavy atom. The Hall–Kier alpha value is -1.75. The van der Waals surface area contributed by atoms with Gasteiger partial charge in [-0.2, -0.15) is 0 Å². The fourth-order valence-electron chi connectivity index (χ4n) is 1.08. The summed E-state index contributed by atoms with van der Waals surface area (Å²) < 4.78 is 12.7. The third-order valence-electron chi connectivity index (χ3n) is 1.71. The van der Waals surface area contributed by atoms with Crippen molar-refractivity contribution in [3.05, 3.63) is 46.7 Å². The quantitative estimate of drug-likeness (QED) is 0.848. The molecule has 0 saturated heterocycles. The Balaban J connectivity index is 2.13. The zero-order valence-electron chi connectivity index (χ0n) is 7.61. The summed E-state index contributed by atoms with van der Waals surface area (Å²) in [7, 11) is 0. The van der Waals surface area contributed by atoms with E-state index in [1.165, 1.54) is 23.6 Å². The van der Waals surface area contributed by atoms with Crippen molar-refractivity contribution in [2.75, 3.05) is 5.32 Å². The lowest BCUT2D eigenvalue weighted by Crippen LogP contribution is -2.10. The number of nitrogens with one attached hydrogen (secondary N) is 1. The largest absolute Gasteiger partial charge is 0.320 e. The lowest BCUT2D eigenvalue weighted by molar-refractivity contribution is 0.103. The van der Waals surface area contributed by atoms with Crippen molar-refractivity contribution in [3.8, 4) is 0 Å². The number of hydrogen-bond acceptors (Lipinski definition) is 3. The first kappa shape index (κ1) is 9.79. The second kappa shape index (κ2) is 4.18. The van der Waals surface area contributed by atoms with Gasteiger partial charge >= 0.3 is 0 Å². The van der Waals surface area contributed by atoms with Crippen molar-refractivity contribution in [1.82, 2.24) is 4.98 Å². The molecule has 0 bridgehead atoms. The van der Waals surface area contributed by atoms with E-state index in [1.54, 1.807) is 17.5 Å². The zero-order valence-corrected chi connectivity index (χ0v) is 8.42. The van der Waals surface area contributed by atoms with Crippen LogP contribution in [-0.4, -0.2) is 10.9 Å². The van der Waals surface area contributed by atoms with E-state index in [4.69, 9.17) is 0 Å². The zero-order chi connectivity index (χ0) is 10.7. The molecule has 0 atom stereocenters. The molecule has 0 saturated carbocycles. The molecule has 0 fully saturated rings. The summed E-state index contributed by atoms with van der Waals surface area (Å²) in [5, 5.41) is 4.36. The molecule has 2 aromatic rings. The summed E-state index contributed by atoms with van der Waals surface area (Å²) in [6.07, 6.45) is 2.48. The van der Waals surface area contributed by atoms with Gasteiger partial charge in [0.15, 0.2) is 0 Å². The van der Waals surface area contributed by atoms with Crippen molar-refractivity contribution in [2.45, 2.75) is 0 Å². The summed E-state index contributed by atoms with van der Waals surface area (Å²) >= 11 is 1.33. The number of carbonyl (C=O) groups is 1. The first-order chi connectivity index (χ1) is 7.25. The Morgan fingerprint density at radius 3 is 3.00 bits per heavy atom. The third kappa shape index (κ3) is 2.38. The highest BCUT2D eigenvalue weighted by molar-refractivity contribution is 7.12. The van der Waals surface area contributed by atoms with Crippen molar-refractivity contribution in [3.63, 3.8) is 0 Å². The molecule has 0 unspecified atom stereocenters. The van der Waals surface area contributed by atoms with Crippen LogP contribution in [0.5, 0.6) is 0 Å². The van der Waals surface area contributed by atoms with Crippen molar-refractivity contribution < 1.29 is 9.18 Å². The number of pyridine rings is 1. The van der Waals surface area contributed by atoms with Crippen LogP contribution in [0, 0.1) is 5.82 Å². The van der Waals surface area contributed by atoms with Gasteiger partial charge in [-0.1, -0.05) is 6.07 Å². The maximum absolute atomic E-state index is 12.7. The molecule has 0 radical (unpaired) electrons. The summed E-state index contributed by atoms with van der Waals surface area (Å²) in [5.74, 6) is -0.726. The number of halogens is 1. The minimum absolute atomic E-state index is 0.252. The van der Waals surface area contributed by atoms with Gasteiger partial charge in [-0.05, 0) is 11.4 Å². The van der Waals surface area contributed by atoms with Gasteiger partial charge in [0.05, 0.1) is 23.0 Å². The molecular weight excluding hydrogens is 215 g/mol. The van der Waals surface area contributed by atoms with Gasteiger partial charge in [-0.25, -0.2) is 4.39 Å². The highest BCUT2D eigenvalue weighted by Gasteiger charge is 2.06. The smallest absolute Gasteiger partial charge is 0.265 e. The second-order valence-corrected chi connectivity index (χ2v) is 3.77. The number of carbonyl (C=O) groups excluding carboxylic acids is 1. The lowest BCUT2D eigenvalue weighted by atomic mass is 10.4. The Bertz CT molecular complexity index is 470. The van der Waals surface area contributed by atoms with E-state index in [1.807, 2.05) is 0 Å². The number of aromatic nitrogens is 1. The molecule has 0 aliphatic rings. The standard InChI is InChI=1S/C10H7FN2OS/c11-7-4-8(6-12-5-7)13-10(14)9-2-1-3-15-9/h1-6H,(H,13,14). The molecular formula is C10H7FN2OS. The van der Waals surface area contributed by atoms with E-state index in [0.717, 1.165) is 6.20 Å². The van der Waals surface area contributed by atoms with Gasteiger partial charge < -0.3 is 5.32 Å². The van der Waals surface area contributed by atoms with E-state index < -0.39 is 5.82 Å². The first-order valence-electron chi connectivity index (χ1n) is 4.21. The van der Waals surface area contributed by atoms with Gasteiger partial charge in [0.25, 0.3) is 5.91 Å². The van der Waals surface area contributed by atoms with Crippen LogP contribution in [0.25, 0.3) is 0 Å². The number of thiophene rings is 1. The topological polar surface area (TPSA) is 42.0 Å². The van der Waals surface area contributed by atoms with Crippen LogP contribution in [0.2, 0.25) is 0 Å². The average molecular weight is 222 g/mol. The highest BCUT2D eigenvalue weighted by Crippen LogP contribution is 2.12. The Labute approximate surface area is 89.6 Å². The number of rotatable bonds is 2. The van der Waals surface area contributed by atoms with Crippen LogP contribution in [0.1, 0.15) is 9.67 Å². The monoisotopic (exact) mass is 222 g/mol. The summed E-state index contributed by atoms with van der Waals surface area (Å²) in [6, 6.07) is 4.70. The normalized spacial score (nSPS) is 9.93. The molecule has 2 heterocycles. The van der Waals surface area contributed by atoms with Gasteiger partial charge in [0.1, 0.15) is 5.82 Å². The molecule has 0 aliphatic carbocycles. The van der Waals surface area contributed by atoms with Crippen LogP contribution in [0.15, 0.2) is 36.0 Å². The number of anilines is 1. The number of nitrogens with zero attached hydrogens (tertiary/aromatic N) is 1. The molecule has 0 spiro atoms. The van der Waals surface area contributed by atoms with E-state index >= 15 is 0 Å². The second-order valence-electron chi connectivity index (χ2n) is 2.82. The van der Waals surface area contributed by atoms with Crippen molar-refractivity contribution >= 4 is 22.9 Å². The van der Waals surface area contributed by atoms with Crippen LogP contribution >= 0.6 is 11.3 Å². The minimum atomic E-state index is -0.473. The molecule has 3 nitrogen and oxygen atoms in total. The van der Waals surface area contributed by atoms with Gasteiger partial charge in [0.2, 0.25) is 0 Å². The molecule has 1 amide bonds. The van der Waals surface area contributed by atoms with Crippen LogP contribution in [-0.2, 0) is 0 Å². The van der Waals surface area contributed by atoms with Crippen molar-refractivity contribution in [2.24, 2.45) is 0 Å². The summed E-state index contributed by atoms with van der Waals surface area (Å²) in [5.41, 5.74) is 0.355. The van der Waals surface area contributed by atoms with Crippen molar-refractivity contribution in [1.29, 1.82) is 0 Å². The average Bonchev–Trinajstić information content (AvgIpc) is 2.70. The van der Waals surface area contributed by atoms with E-state index in [2.05, 4.69) is 10.3 Å². The predicted octanol–water partition coefficient (Wildman–Crippen LogP) is 2.53. The summed E-state index contributed by atoms with van der Waals surface area (Å²) in [6.45, 7) is 0. The van der Waals surface area contributed by atoms with E-state index in [9.17, 15) is 9.18 Å². The van der Waals surface area contributed by atoms with E-state index in [-0.39, 0.29) is 5.91 Å². The molecule has 0 aliphatic heterocycles. The SMILES string of the molecule is O=C(Nc1cncc(F)c1)c1cccs1. The lowest BCUT2D eigenvalue weighted by Gasteiger charge is -2.02. The van der Waals surface area contributed by atoms with Gasteiger partial charge in [-0.3, -0.25) is 9.78 Å². The molecule has 15 heavy (non-hydrogen) atoms. The minimum Gasteiger partial charge on any atom is -0.320 e. The van der Waals surface area contributed by atoms with Gasteiger partial charge in [-0.15, -0.1) is 11.3 Å². The molecule has 5 heteroatoms.